The molecule has 0 saturated carbocycles. The Bertz CT molecular complexity index is 411. The molecule has 1 aromatic carbocycles. The van der Waals surface area contributed by atoms with Gasteiger partial charge in [0.25, 0.3) is 0 Å². The number of halogens is 1. The first kappa shape index (κ1) is 12.4. The second-order valence-corrected chi connectivity index (χ2v) is 4.67. The summed E-state index contributed by atoms with van der Waals surface area (Å²) in [7, 11) is 0. The van der Waals surface area contributed by atoms with Crippen molar-refractivity contribution in [3.05, 3.63) is 29.3 Å². The Hall–Kier alpha value is -1.10. The van der Waals surface area contributed by atoms with Crippen molar-refractivity contribution in [2.45, 2.75) is 12.5 Å². The number of aliphatic hydroxyl groups excluding tert-OH is 1. The number of anilines is 1. The highest BCUT2D eigenvalue weighted by Crippen LogP contribution is 2.15. The van der Waals surface area contributed by atoms with Crippen LogP contribution in [-0.2, 0) is 4.79 Å². The predicted octanol–water partition coefficient (Wildman–Crippen LogP) is 1.35. The lowest BCUT2D eigenvalue weighted by Gasteiger charge is -2.14. The third-order valence-electron chi connectivity index (χ3n) is 2.72. The lowest BCUT2D eigenvalue weighted by Crippen LogP contribution is -2.32. The van der Waals surface area contributed by atoms with Gasteiger partial charge in [-0.2, -0.15) is 0 Å². The van der Waals surface area contributed by atoms with Crippen molar-refractivity contribution in [3.63, 3.8) is 0 Å². The highest BCUT2D eigenvalue weighted by atomic mass is 35.5. The van der Waals surface area contributed by atoms with Gasteiger partial charge >= 0.3 is 0 Å². The normalized spacial score (nSPS) is 20.5. The number of β-amino-alcohol motifs (C(OH)–C–C–N with tert-alkyl or cyclic N) is 1. The number of aliphatic hydroxyl groups is 1. The van der Waals surface area contributed by atoms with Gasteiger partial charge in [0.2, 0.25) is 5.91 Å². The van der Waals surface area contributed by atoms with Crippen LogP contribution >= 0.6 is 11.6 Å². The lowest BCUT2D eigenvalue weighted by molar-refractivity contribution is -0.117. The SMILES string of the molecule is O=C(CN1CC[C@H](O)C1)Nc1cccc(Cl)c1. The van der Waals surface area contributed by atoms with Crippen molar-refractivity contribution < 1.29 is 9.90 Å². The van der Waals surface area contributed by atoms with Crippen molar-refractivity contribution in [1.82, 2.24) is 4.90 Å². The number of benzene rings is 1. The average Bonchev–Trinajstić information content (AvgIpc) is 2.63. The number of amides is 1. The number of hydrogen-bond acceptors (Lipinski definition) is 3. The van der Waals surface area contributed by atoms with Crippen LogP contribution in [0, 0.1) is 0 Å². The van der Waals surface area contributed by atoms with Gasteiger partial charge in [0, 0.05) is 23.8 Å². The Morgan fingerprint density at radius 2 is 2.41 bits per heavy atom. The van der Waals surface area contributed by atoms with Gasteiger partial charge in [0.05, 0.1) is 12.6 Å². The van der Waals surface area contributed by atoms with E-state index in [4.69, 9.17) is 11.6 Å². The second kappa shape index (κ2) is 5.49. The minimum Gasteiger partial charge on any atom is -0.392 e. The largest absolute Gasteiger partial charge is 0.392 e. The molecule has 2 rings (SSSR count). The molecule has 17 heavy (non-hydrogen) atoms. The van der Waals surface area contributed by atoms with E-state index in [1.807, 2.05) is 4.90 Å². The standard InChI is InChI=1S/C12H15ClN2O2/c13-9-2-1-3-10(6-9)14-12(17)8-15-5-4-11(16)7-15/h1-3,6,11,16H,4-5,7-8H2,(H,14,17)/t11-/m0/s1. The van der Waals surface area contributed by atoms with E-state index in [1.165, 1.54) is 0 Å². The molecule has 1 amide bonds. The average molecular weight is 255 g/mol. The van der Waals surface area contributed by atoms with Crippen LogP contribution in [0.1, 0.15) is 6.42 Å². The minimum atomic E-state index is -0.297. The predicted molar refractivity (Wildman–Crippen MR) is 67.1 cm³/mol. The fraction of sp³-hybridized carbons (Fsp3) is 0.417. The molecule has 0 aromatic heterocycles. The zero-order valence-electron chi connectivity index (χ0n) is 9.40. The zero-order chi connectivity index (χ0) is 12.3. The molecule has 0 spiro atoms. The summed E-state index contributed by atoms with van der Waals surface area (Å²) in [5.41, 5.74) is 0.697. The van der Waals surface area contributed by atoms with E-state index >= 15 is 0 Å². The van der Waals surface area contributed by atoms with E-state index < -0.39 is 0 Å². The number of carbonyl (C=O) groups is 1. The molecule has 1 aliphatic heterocycles. The van der Waals surface area contributed by atoms with Crippen molar-refractivity contribution >= 4 is 23.2 Å². The Labute approximate surface area is 105 Å². The molecule has 92 valence electrons. The molecule has 0 radical (unpaired) electrons. The molecular formula is C12H15ClN2O2. The van der Waals surface area contributed by atoms with Crippen LogP contribution in [-0.4, -0.2) is 41.7 Å². The molecule has 1 atom stereocenters. The maximum atomic E-state index is 11.7. The van der Waals surface area contributed by atoms with Crippen LogP contribution < -0.4 is 5.32 Å². The van der Waals surface area contributed by atoms with Gasteiger partial charge in [-0.3, -0.25) is 9.69 Å². The van der Waals surface area contributed by atoms with Gasteiger partial charge in [-0.05, 0) is 24.6 Å². The number of hydrogen-bond donors (Lipinski definition) is 2. The number of nitrogens with zero attached hydrogens (tertiary/aromatic N) is 1. The van der Waals surface area contributed by atoms with E-state index in [2.05, 4.69) is 5.32 Å². The summed E-state index contributed by atoms with van der Waals surface area (Å²) < 4.78 is 0. The van der Waals surface area contributed by atoms with Gasteiger partial charge in [-0.25, -0.2) is 0 Å². The van der Waals surface area contributed by atoms with Crippen LogP contribution in [0.4, 0.5) is 5.69 Å². The van der Waals surface area contributed by atoms with E-state index in [-0.39, 0.29) is 12.0 Å². The van der Waals surface area contributed by atoms with Crippen molar-refractivity contribution in [3.8, 4) is 0 Å². The van der Waals surface area contributed by atoms with E-state index in [9.17, 15) is 9.90 Å². The monoisotopic (exact) mass is 254 g/mol. The number of likely N-dealkylation sites (tertiary alicyclic amines) is 1. The maximum absolute atomic E-state index is 11.7. The molecule has 1 heterocycles. The van der Waals surface area contributed by atoms with E-state index in [1.54, 1.807) is 24.3 Å². The molecule has 2 N–H and O–H groups in total. The quantitative estimate of drug-likeness (QED) is 0.856. The Morgan fingerprint density at radius 1 is 1.59 bits per heavy atom. The fourth-order valence-electron chi connectivity index (χ4n) is 1.93. The summed E-state index contributed by atoms with van der Waals surface area (Å²) in [6.07, 6.45) is 0.443. The molecule has 0 aliphatic carbocycles. The van der Waals surface area contributed by atoms with Gasteiger partial charge in [-0.15, -0.1) is 0 Å². The number of carbonyl (C=O) groups excluding carboxylic acids is 1. The molecule has 1 aliphatic rings. The molecule has 0 unspecified atom stereocenters. The highest BCUT2D eigenvalue weighted by Gasteiger charge is 2.21. The smallest absolute Gasteiger partial charge is 0.238 e. The van der Waals surface area contributed by atoms with Gasteiger partial charge in [-0.1, -0.05) is 17.7 Å². The Morgan fingerprint density at radius 3 is 3.06 bits per heavy atom. The van der Waals surface area contributed by atoms with Crippen LogP contribution in [0.15, 0.2) is 24.3 Å². The van der Waals surface area contributed by atoms with Crippen LogP contribution in [0.3, 0.4) is 0 Å². The summed E-state index contributed by atoms with van der Waals surface area (Å²) in [5, 5.41) is 12.7. The molecule has 1 aromatic rings. The van der Waals surface area contributed by atoms with Crippen molar-refractivity contribution in [2.24, 2.45) is 0 Å². The maximum Gasteiger partial charge on any atom is 0.238 e. The molecule has 5 heteroatoms. The highest BCUT2D eigenvalue weighted by molar-refractivity contribution is 6.30. The third kappa shape index (κ3) is 3.70. The number of nitrogens with one attached hydrogen (secondary N) is 1. The van der Waals surface area contributed by atoms with Gasteiger partial charge in [0.15, 0.2) is 0 Å². The van der Waals surface area contributed by atoms with Gasteiger partial charge < -0.3 is 10.4 Å². The zero-order valence-corrected chi connectivity index (χ0v) is 10.2. The topological polar surface area (TPSA) is 52.6 Å². The molecule has 4 nitrogen and oxygen atoms in total. The van der Waals surface area contributed by atoms with Crippen molar-refractivity contribution in [2.75, 3.05) is 25.0 Å². The summed E-state index contributed by atoms with van der Waals surface area (Å²) in [4.78, 5) is 13.6. The second-order valence-electron chi connectivity index (χ2n) is 4.24. The van der Waals surface area contributed by atoms with Gasteiger partial charge in [0.1, 0.15) is 0 Å². The van der Waals surface area contributed by atoms with Crippen molar-refractivity contribution in [1.29, 1.82) is 0 Å². The summed E-state index contributed by atoms with van der Waals surface area (Å²) in [6.45, 7) is 1.65. The molecular weight excluding hydrogens is 240 g/mol. The van der Waals surface area contributed by atoms with Crippen LogP contribution in [0.5, 0.6) is 0 Å². The fourth-order valence-corrected chi connectivity index (χ4v) is 2.12. The van der Waals surface area contributed by atoms with E-state index in [0.29, 0.717) is 23.8 Å². The summed E-state index contributed by atoms with van der Waals surface area (Å²) >= 11 is 5.82. The first-order valence-electron chi connectivity index (χ1n) is 5.59. The minimum absolute atomic E-state index is 0.0821. The first-order valence-corrected chi connectivity index (χ1v) is 5.97. The molecule has 1 fully saturated rings. The molecule has 1 saturated heterocycles. The summed E-state index contributed by atoms with van der Waals surface area (Å²) in [6, 6.07) is 7.05. The summed E-state index contributed by atoms with van der Waals surface area (Å²) in [5.74, 6) is -0.0821. The first-order chi connectivity index (χ1) is 8.13. The number of rotatable bonds is 3. The van der Waals surface area contributed by atoms with Crippen LogP contribution in [0.2, 0.25) is 5.02 Å². The third-order valence-corrected chi connectivity index (χ3v) is 2.96. The Balaban J connectivity index is 1.85. The van der Waals surface area contributed by atoms with Crippen LogP contribution in [0.25, 0.3) is 0 Å². The molecule has 0 bridgehead atoms. The lowest BCUT2D eigenvalue weighted by atomic mass is 10.3. The Kier molecular flexibility index (Phi) is 3.99. The van der Waals surface area contributed by atoms with E-state index in [0.717, 1.165) is 13.0 Å².